The van der Waals surface area contributed by atoms with Gasteiger partial charge in [-0.05, 0) is 58.9 Å². The Kier molecular flexibility index (Phi) is 4.83. The van der Waals surface area contributed by atoms with E-state index in [1.165, 1.54) is 45.1 Å². The lowest BCUT2D eigenvalue weighted by Crippen LogP contribution is -2.47. The van der Waals surface area contributed by atoms with Gasteiger partial charge in [-0.3, -0.25) is 4.90 Å². The highest BCUT2D eigenvalue weighted by Crippen LogP contribution is 2.34. The number of unbranched alkanes of at least 4 members (excludes halogenated alkanes) is 1. The highest BCUT2D eigenvalue weighted by atomic mass is 16.5. The van der Waals surface area contributed by atoms with Gasteiger partial charge in [0, 0.05) is 24.7 Å². The van der Waals surface area contributed by atoms with E-state index in [1.54, 1.807) is 0 Å². The van der Waals surface area contributed by atoms with Gasteiger partial charge in [-0.25, -0.2) is 0 Å². The van der Waals surface area contributed by atoms with Crippen LogP contribution in [0, 0.1) is 0 Å². The maximum Gasteiger partial charge on any atom is 0.0518 e. The average molecular weight is 240 g/mol. The van der Waals surface area contributed by atoms with E-state index in [1.807, 2.05) is 0 Å². The van der Waals surface area contributed by atoms with Gasteiger partial charge >= 0.3 is 0 Å². The highest BCUT2D eigenvalue weighted by molar-refractivity contribution is 4.96. The van der Waals surface area contributed by atoms with Crippen molar-refractivity contribution in [1.29, 1.82) is 0 Å². The molecule has 2 atom stereocenters. The van der Waals surface area contributed by atoms with Gasteiger partial charge < -0.3 is 10.5 Å². The van der Waals surface area contributed by atoms with Crippen LogP contribution in [0.1, 0.15) is 52.4 Å². The fourth-order valence-electron chi connectivity index (χ4n) is 3.40. The fourth-order valence-corrected chi connectivity index (χ4v) is 3.40. The smallest absolute Gasteiger partial charge is 0.0518 e. The minimum absolute atomic E-state index is 0.374. The van der Waals surface area contributed by atoms with Crippen LogP contribution >= 0.6 is 0 Å². The van der Waals surface area contributed by atoms with Gasteiger partial charge in [0.25, 0.3) is 0 Å². The van der Waals surface area contributed by atoms with Gasteiger partial charge in [-0.1, -0.05) is 0 Å². The summed E-state index contributed by atoms with van der Waals surface area (Å²) in [6, 6.07) is 2.04. The Morgan fingerprint density at radius 2 is 1.82 bits per heavy atom. The lowest BCUT2D eigenvalue weighted by Gasteiger charge is -2.37. The molecule has 2 N–H and O–H groups in total. The van der Waals surface area contributed by atoms with Crippen LogP contribution in [0.5, 0.6) is 0 Å². The van der Waals surface area contributed by atoms with Crippen molar-refractivity contribution in [3.8, 4) is 0 Å². The zero-order valence-electron chi connectivity index (χ0n) is 11.4. The molecule has 3 nitrogen and oxygen atoms in total. The van der Waals surface area contributed by atoms with Crippen molar-refractivity contribution in [2.45, 2.75) is 76.6 Å². The number of hydrogen-bond donors (Lipinski definition) is 1. The number of hydrogen-bond acceptors (Lipinski definition) is 3. The van der Waals surface area contributed by atoms with Crippen LogP contribution in [0.3, 0.4) is 0 Å². The number of ether oxygens (including phenoxy) is 1. The lowest BCUT2D eigenvalue weighted by molar-refractivity contribution is 0.0695. The normalized spacial score (nSPS) is 33.5. The van der Waals surface area contributed by atoms with E-state index in [0.717, 1.165) is 18.7 Å². The average Bonchev–Trinajstić information content (AvgIpc) is 2.51. The van der Waals surface area contributed by atoms with Crippen molar-refractivity contribution < 1.29 is 4.74 Å². The minimum atomic E-state index is 0.374. The summed E-state index contributed by atoms with van der Waals surface area (Å²) in [4.78, 5) is 2.72. The van der Waals surface area contributed by atoms with Crippen LogP contribution in [0.2, 0.25) is 0 Å². The van der Waals surface area contributed by atoms with Gasteiger partial charge in [0.1, 0.15) is 0 Å². The van der Waals surface area contributed by atoms with E-state index in [0.29, 0.717) is 12.1 Å². The molecule has 0 spiro atoms. The van der Waals surface area contributed by atoms with Crippen molar-refractivity contribution >= 4 is 0 Å². The Hall–Kier alpha value is -0.120. The SMILES string of the molecule is CC(C)OCCCCN1C2CCC1CC(N)C2. The first kappa shape index (κ1) is 13.3. The number of nitrogens with two attached hydrogens (primary N) is 1. The molecular formula is C14H28N2O. The van der Waals surface area contributed by atoms with Crippen LogP contribution in [0.25, 0.3) is 0 Å². The molecule has 0 aliphatic carbocycles. The van der Waals surface area contributed by atoms with Crippen molar-refractivity contribution in [2.24, 2.45) is 5.73 Å². The Balaban J connectivity index is 1.63. The summed E-state index contributed by atoms with van der Waals surface area (Å²) in [5.74, 6) is 0. The largest absolute Gasteiger partial charge is 0.379 e. The van der Waals surface area contributed by atoms with Crippen LogP contribution in [0.4, 0.5) is 0 Å². The molecule has 2 heterocycles. The van der Waals surface area contributed by atoms with E-state index in [-0.39, 0.29) is 0 Å². The highest BCUT2D eigenvalue weighted by Gasteiger charge is 2.38. The van der Waals surface area contributed by atoms with Gasteiger partial charge in [-0.2, -0.15) is 0 Å². The third-order valence-electron chi connectivity index (χ3n) is 4.18. The van der Waals surface area contributed by atoms with E-state index >= 15 is 0 Å². The van der Waals surface area contributed by atoms with Crippen LogP contribution in [-0.2, 0) is 4.74 Å². The predicted molar refractivity (Wildman–Crippen MR) is 71.0 cm³/mol. The summed E-state index contributed by atoms with van der Waals surface area (Å²) in [6.07, 6.45) is 8.04. The molecule has 17 heavy (non-hydrogen) atoms. The molecule has 3 heteroatoms. The monoisotopic (exact) mass is 240 g/mol. The summed E-state index contributed by atoms with van der Waals surface area (Å²) >= 11 is 0. The standard InChI is InChI=1S/C14H28N2O/c1-11(2)17-8-4-3-7-16-13-5-6-14(16)10-12(15)9-13/h11-14H,3-10,15H2,1-2H3. The number of fused-ring (bicyclic) bond motifs is 2. The molecule has 0 radical (unpaired) electrons. The van der Waals surface area contributed by atoms with E-state index in [2.05, 4.69) is 18.7 Å². The fraction of sp³-hybridized carbons (Fsp3) is 1.00. The van der Waals surface area contributed by atoms with E-state index in [9.17, 15) is 0 Å². The van der Waals surface area contributed by atoms with Crippen molar-refractivity contribution in [3.63, 3.8) is 0 Å². The Bertz CT molecular complexity index is 218. The summed E-state index contributed by atoms with van der Waals surface area (Å²) in [5.41, 5.74) is 6.08. The molecule has 0 aromatic rings. The van der Waals surface area contributed by atoms with Crippen LogP contribution in [-0.4, -0.2) is 42.3 Å². The minimum Gasteiger partial charge on any atom is -0.379 e. The summed E-state index contributed by atoms with van der Waals surface area (Å²) in [6.45, 7) is 6.38. The maximum absolute atomic E-state index is 6.08. The van der Waals surface area contributed by atoms with Crippen LogP contribution in [0.15, 0.2) is 0 Å². The molecule has 2 unspecified atom stereocenters. The van der Waals surface area contributed by atoms with E-state index < -0.39 is 0 Å². The molecule has 2 rings (SSSR count). The molecular weight excluding hydrogens is 212 g/mol. The number of piperidine rings is 1. The zero-order valence-corrected chi connectivity index (χ0v) is 11.4. The van der Waals surface area contributed by atoms with Gasteiger partial charge in [0.2, 0.25) is 0 Å². The van der Waals surface area contributed by atoms with Crippen molar-refractivity contribution in [2.75, 3.05) is 13.2 Å². The first-order valence-corrected chi connectivity index (χ1v) is 7.29. The molecule has 0 aromatic carbocycles. The summed E-state index contributed by atoms with van der Waals surface area (Å²) in [7, 11) is 0. The van der Waals surface area contributed by atoms with Gasteiger partial charge in [-0.15, -0.1) is 0 Å². The first-order valence-electron chi connectivity index (χ1n) is 7.29. The quantitative estimate of drug-likeness (QED) is 0.723. The molecule has 2 saturated heterocycles. The topological polar surface area (TPSA) is 38.5 Å². The second-order valence-corrected chi connectivity index (χ2v) is 5.98. The second kappa shape index (κ2) is 6.17. The maximum atomic E-state index is 6.08. The number of nitrogens with zero attached hydrogens (tertiary/aromatic N) is 1. The zero-order chi connectivity index (χ0) is 12.3. The second-order valence-electron chi connectivity index (χ2n) is 5.98. The molecule has 2 aliphatic rings. The molecule has 2 fully saturated rings. The predicted octanol–water partition coefficient (Wildman–Crippen LogP) is 2.15. The van der Waals surface area contributed by atoms with E-state index in [4.69, 9.17) is 10.5 Å². The lowest BCUT2D eigenvalue weighted by atomic mass is 9.98. The first-order chi connectivity index (χ1) is 8.16. The van der Waals surface area contributed by atoms with Crippen LogP contribution < -0.4 is 5.73 Å². The molecule has 2 aliphatic heterocycles. The Labute approximate surface area is 106 Å². The summed E-state index contributed by atoms with van der Waals surface area (Å²) in [5, 5.41) is 0. The van der Waals surface area contributed by atoms with Gasteiger partial charge in [0.05, 0.1) is 6.10 Å². The van der Waals surface area contributed by atoms with Gasteiger partial charge in [0.15, 0.2) is 0 Å². The third-order valence-corrected chi connectivity index (χ3v) is 4.18. The molecule has 2 bridgehead atoms. The molecule has 0 aromatic heterocycles. The number of rotatable bonds is 6. The summed E-state index contributed by atoms with van der Waals surface area (Å²) < 4.78 is 5.58. The molecule has 0 amide bonds. The third kappa shape index (κ3) is 3.67. The Morgan fingerprint density at radius 1 is 1.18 bits per heavy atom. The Morgan fingerprint density at radius 3 is 2.41 bits per heavy atom. The van der Waals surface area contributed by atoms with Crippen molar-refractivity contribution in [3.05, 3.63) is 0 Å². The molecule has 100 valence electrons. The van der Waals surface area contributed by atoms with Crippen molar-refractivity contribution in [1.82, 2.24) is 4.90 Å². The molecule has 0 saturated carbocycles.